The Morgan fingerprint density at radius 1 is 1.60 bits per heavy atom. The van der Waals surface area contributed by atoms with Gasteiger partial charge < -0.3 is 14.9 Å². The number of phenols is 1. The molecule has 0 heterocycles. The van der Waals surface area contributed by atoms with Crippen molar-refractivity contribution >= 4 is 5.97 Å². The van der Waals surface area contributed by atoms with Gasteiger partial charge in [0.05, 0.1) is 24.8 Å². The maximum atomic E-state index is 11.2. The summed E-state index contributed by atoms with van der Waals surface area (Å²) >= 11 is 0. The molecule has 2 N–H and O–H groups in total. The number of aliphatic hydroxyl groups is 1. The summed E-state index contributed by atoms with van der Waals surface area (Å²) in [6, 6.07) is 4.12. The predicted octanol–water partition coefficient (Wildman–Crippen LogP) is 0.543. The molecule has 0 spiro atoms. The molecule has 0 aromatic heterocycles. The summed E-state index contributed by atoms with van der Waals surface area (Å²) in [6.45, 7) is -0.415. The van der Waals surface area contributed by atoms with Gasteiger partial charge in [-0.3, -0.25) is 0 Å². The number of aliphatic hydroxyl groups excluding tert-OH is 1. The van der Waals surface area contributed by atoms with Crippen LogP contribution in [0.15, 0.2) is 12.1 Å². The average molecular weight is 207 g/mol. The fourth-order valence-electron chi connectivity index (χ4n) is 1.13. The maximum absolute atomic E-state index is 11.2. The van der Waals surface area contributed by atoms with E-state index in [2.05, 4.69) is 4.74 Å². The molecule has 1 aromatic carbocycles. The van der Waals surface area contributed by atoms with Gasteiger partial charge in [0.15, 0.2) is 0 Å². The second-order valence-electron chi connectivity index (χ2n) is 2.79. The minimum Gasteiger partial charge on any atom is -0.508 e. The van der Waals surface area contributed by atoms with Crippen molar-refractivity contribution in [2.75, 3.05) is 7.11 Å². The van der Waals surface area contributed by atoms with Gasteiger partial charge in [-0.15, -0.1) is 0 Å². The van der Waals surface area contributed by atoms with Crippen LogP contribution >= 0.6 is 0 Å². The lowest BCUT2D eigenvalue weighted by Crippen LogP contribution is -2.05. The third kappa shape index (κ3) is 2.06. The lowest BCUT2D eigenvalue weighted by molar-refractivity contribution is 0.0600. The molecule has 0 saturated carbocycles. The molecule has 0 fully saturated rings. The van der Waals surface area contributed by atoms with Crippen LogP contribution < -0.4 is 0 Å². The molecule has 1 aromatic rings. The SMILES string of the molecule is COC(=O)c1cc(CO)c(O)cc1C#N. The van der Waals surface area contributed by atoms with Gasteiger partial charge in [0.1, 0.15) is 11.8 Å². The minimum absolute atomic E-state index is 0.0107. The molecule has 0 aliphatic heterocycles. The van der Waals surface area contributed by atoms with Crippen LogP contribution in [0.4, 0.5) is 0 Å². The zero-order valence-corrected chi connectivity index (χ0v) is 8.02. The van der Waals surface area contributed by atoms with Gasteiger partial charge >= 0.3 is 5.97 Å². The molecule has 5 nitrogen and oxygen atoms in total. The van der Waals surface area contributed by atoms with E-state index in [1.165, 1.54) is 13.2 Å². The van der Waals surface area contributed by atoms with Gasteiger partial charge in [-0.2, -0.15) is 5.26 Å². The van der Waals surface area contributed by atoms with Crippen LogP contribution in [0, 0.1) is 11.3 Å². The number of aromatic hydroxyl groups is 1. The summed E-state index contributed by atoms with van der Waals surface area (Å²) in [5.74, 6) is -0.900. The van der Waals surface area contributed by atoms with Gasteiger partial charge in [0.2, 0.25) is 0 Å². The van der Waals surface area contributed by atoms with Crippen LogP contribution in [0.1, 0.15) is 21.5 Å². The topological polar surface area (TPSA) is 90.6 Å². The molecule has 0 aliphatic rings. The third-order valence-corrected chi connectivity index (χ3v) is 1.91. The second-order valence-corrected chi connectivity index (χ2v) is 2.79. The monoisotopic (exact) mass is 207 g/mol. The zero-order chi connectivity index (χ0) is 11.4. The molecule has 0 atom stereocenters. The quantitative estimate of drug-likeness (QED) is 0.691. The molecule has 1 rings (SSSR count). The lowest BCUT2D eigenvalue weighted by atomic mass is 10.0. The number of benzene rings is 1. The molecule has 0 amide bonds. The van der Waals surface area contributed by atoms with E-state index in [1.54, 1.807) is 6.07 Å². The lowest BCUT2D eigenvalue weighted by Gasteiger charge is -2.06. The van der Waals surface area contributed by atoms with Crippen molar-refractivity contribution in [3.63, 3.8) is 0 Å². The average Bonchev–Trinajstić information content (AvgIpc) is 2.27. The molecule has 0 saturated heterocycles. The van der Waals surface area contributed by atoms with Crippen LogP contribution in [0.25, 0.3) is 0 Å². The normalized spacial score (nSPS) is 9.40. The van der Waals surface area contributed by atoms with E-state index < -0.39 is 12.6 Å². The van der Waals surface area contributed by atoms with E-state index in [4.69, 9.17) is 10.4 Å². The van der Waals surface area contributed by atoms with Crippen molar-refractivity contribution < 1.29 is 19.7 Å². The van der Waals surface area contributed by atoms with Gasteiger partial charge in [0.25, 0.3) is 0 Å². The van der Waals surface area contributed by atoms with E-state index >= 15 is 0 Å². The number of nitriles is 1. The Morgan fingerprint density at radius 2 is 2.27 bits per heavy atom. The molecule has 15 heavy (non-hydrogen) atoms. The molecule has 78 valence electrons. The number of carbonyl (C=O) groups is 1. The Labute approximate surface area is 86.1 Å². The van der Waals surface area contributed by atoms with Crippen LogP contribution in [0.5, 0.6) is 5.75 Å². The van der Waals surface area contributed by atoms with Crippen molar-refractivity contribution in [1.29, 1.82) is 5.26 Å². The summed E-state index contributed by atoms with van der Waals surface area (Å²) < 4.78 is 4.46. The number of ether oxygens (including phenoxy) is 1. The molecule has 0 radical (unpaired) electrons. The number of carbonyl (C=O) groups excluding carboxylic acids is 1. The Morgan fingerprint density at radius 3 is 2.73 bits per heavy atom. The Hall–Kier alpha value is -2.06. The van der Waals surface area contributed by atoms with E-state index in [-0.39, 0.29) is 22.4 Å². The summed E-state index contributed by atoms with van der Waals surface area (Å²) in [5.41, 5.74) is 0.216. The fraction of sp³-hybridized carbons (Fsp3) is 0.200. The second kappa shape index (κ2) is 4.44. The van der Waals surface area contributed by atoms with Gasteiger partial charge in [-0.05, 0) is 12.1 Å². The van der Waals surface area contributed by atoms with Crippen molar-refractivity contribution in [3.05, 3.63) is 28.8 Å². The van der Waals surface area contributed by atoms with E-state index in [9.17, 15) is 9.90 Å². The minimum atomic E-state index is -0.679. The first kappa shape index (κ1) is 11.0. The van der Waals surface area contributed by atoms with Crippen molar-refractivity contribution in [3.8, 4) is 11.8 Å². The maximum Gasteiger partial charge on any atom is 0.339 e. The summed E-state index contributed by atoms with van der Waals surface area (Å²) in [5, 5.41) is 26.9. The number of esters is 1. The first-order valence-corrected chi connectivity index (χ1v) is 4.09. The first-order chi connectivity index (χ1) is 7.13. The predicted molar refractivity (Wildman–Crippen MR) is 50.1 cm³/mol. The highest BCUT2D eigenvalue weighted by Crippen LogP contribution is 2.22. The third-order valence-electron chi connectivity index (χ3n) is 1.91. The molecule has 0 unspecified atom stereocenters. The Balaban J connectivity index is 3.37. The van der Waals surface area contributed by atoms with Gasteiger partial charge in [-0.1, -0.05) is 0 Å². The van der Waals surface area contributed by atoms with Crippen LogP contribution in [0.3, 0.4) is 0 Å². The van der Waals surface area contributed by atoms with Crippen molar-refractivity contribution in [2.45, 2.75) is 6.61 Å². The van der Waals surface area contributed by atoms with E-state index in [0.29, 0.717) is 0 Å². The highest BCUT2D eigenvalue weighted by molar-refractivity contribution is 5.92. The summed E-state index contributed by atoms with van der Waals surface area (Å²) in [7, 11) is 1.19. The van der Waals surface area contributed by atoms with E-state index in [1.807, 2.05) is 0 Å². The number of hydrogen-bond donors (Lipinski definition) is 2. The molecule has 0 bridgehead atoms. The number of methoxy groups -OCH3 is 1. The van der Waals surface area contributed by atoms with Crippen LogP contribution in [-0.4, -0.2) is 23.3 Å². The standard InChI is InChI=1S/C10H9NO4/c1-15-10(14)8-2-7(5-12)9(13)3-6(8)4-11/h2-3,12-13H,5H2,1H3. The summed E-state index contributed by atoms with van der Waals surface area (Å²) in [6.07, 6.45) is 0. The zero-order valence-electron chi connectivity index (χ0n) is 8.02. The van der Waals surface area contributed by atoms with Gasteiger partial charge in [0, 0.05) is 5.56 Å². The summed E-state index contributed by atoms with van der Waals surface area (Å²) in [4.78, 5) is 11.2. The molecule has 5 heteroatoms. The van der Waals surface area contributed by atoms with Crippen molar-refractivity contribution in [1.82, 2.24) is 0 Å². The molecular formula is C10H9NO4. The van der Waals surface area contributed by atoms with Crippen LogP contribution in [0.2, 0.25) is 0 Å². The molecular weight excluding hydrogens is 198 g/mol. The van der Waals surface area contributed by atoms with Crippen LogP contribution in [-0.2, 0) is 11.3 Å². The van der Waals surface area contributed by atoms with E-state index in [0.717, 1.165) is 6.07 Å². The number of hydrogen-bond acceptors (Lipinski definition) is 5. The molecule has 0 aliphatic carbocycles. The van der Waals surface area contributed by atoms with Gasteiger partial charge in [-0.25, -0.2) is 4.79 Å². The highest BCUT2D eigenvalue weighted by Gasteiger charge is 2.15. The largest absolute Gasteiger partial charge is 0.508 e. The Bertz CT molecular complexity index is 434. The highest BCUT2D eigenvalue weighted by atomic mass is 16.5. The van der Waals surface area contributed by atoms with Crippen molar-refractivity contribution in [2.24, 2.45) is 0 Å². The Kier molecular flexibility index (Phi) is 3.26. The number of rotatable bonds is 2. The smallest absolute Gasteiger partial charge is 0.339 e. The fourth-order valence-corrected chi connectivity index (χ4v) is 1.13. The number of nitrogens with zero attached hydrogens (tertiary/aromatic N) is 1. The first-order valence-electron chi connectivity index (χ1n) is 4.09.